The number of amides is 1. The van der Waals surface area contributed by atoms with E-state index in [-0.39, 0.29) is 24.0 Å². The summed E-state index contributed by atoms with van der Waals surface area (Å²) >= 11 is 1.23. The molecule has 0 radical (unpaired) electrons. The largest absolute Gasteiger partial charge is 0.346 e. The molecule has 1 amide bonds. The molecule has 0 atom stereocenters. The van der Waals surface area contributed by atoms with Gasteiger partial charge in [0.25, 0.3) is 5.91 Å². The number of benzene rings is 1. The predicted molar refractivity (Wildman–Crippen MR) is 100 cm³/mol. The molecule has 0 spiro atoms. The summed E-state index contributed by atoms with van der Waals surface area (Å²) in [5.74, 6) is -0.0461. The number of aromatic nitrogens is 4. The van der Waals surface area contributed by atoms with Crippen LogP contribution in [0.25, 0.3) is 16.4 Å². The van der Waals surface area contributed by atoms with Gasteiger partial charge >= 0.3 is 0 Å². The Hall–Kier alpha value is -3.39. The summed E-state index contributed by atoms with van der Waals surface area (Å²) in [5.41, 5.74) is 1.46. The predicted octanol–water partition coefficient (Wildman–Crippen LogP) is 3.46. The molecule has 8 heteroatoms. The second-order valence-corrected chi connectivity index (χ2v) is 6.50. The van der Waals surface area contributed by atoms with Crippen molar-refractivity contribution in [2.45, 2.75) is 6.54 Å². The van der Waals surface area contributed by atoms with Crippen LogP contribution in [0.5, 0.6) is 0 Å². The van der Waals surface area contributed by atoms with Crippen LogP contribution < -0.4 is 5.32 Å². The van der Waals surface area contributed by atoms with Crippen LogP contribution in [0.3, 0.4) is 0 Å². The van der Waals surface area contributed by atoms with Gasteiger partial charge in [-0.2, -0.15) is 5.10 Å². The zero-order valence-corrected chi connectivity index (χ0v) is 14.9. The smallest absolute Gasteiger partial charge is 0.271 e. The van der Waals surface area contributed by atoms with Crippen LogP contribution in [-0.4, -0.2) is 25.7 Å². The summed E-state index contributed by atoms with van der Waals surface area (Å²) in [4.78, 5) is 21.0. The molecule has 4 aromatic rings. The number of nitrogens with one attached hydrogen (secondary N) is 1. The topological polar surface area (TPSA) is 72.7 Å². The number of nitrogens with zero attached hydrogens (tertiary/aromatic N) is 4. The van der Waals surface area contributed by atoms with Crippen LogP contribution in [0.4, 0.5) is 4.39 Å². The van der Waals surface area contributed by atoms with Gasteiger partial charge in [-0.3, -0.25) is 4.79 Å². The minimum Gasteiger partial charge on any atom is -0.346 e. The van der Waals surface area contributed by atoms with Crippen molar-refractivity contribution in [2.75, 3.05) is 0 Å². The normalized spacial score (nSPS) is 10.7. The maximum absolute atomic E-state index is 13.9. The van der Waals surface area contributed by atoms with Crippen molar-refractivity contribution in [2.24, 2.45) is 0 Å². The fourth-order valence-corrected chi connectivity index (χ4v) is 3.40. The molecule has 0 saturated carbocycles. The van der Waals surface area contributed by atoms with Gasteiger partial charge in [0.1, 0.15) is 16.5 Å². The van der Waals surface area contributed by atoms with Crippen LogP contribution in [0.15, 0.2) is 66.4 Å². The summed E-state index contributed by atoms with van der Waals surface area (Å²) in [7, 11) is 0. The van der Waals surface area contributed by atoms with E-state index in [1.807, 2.05) is 6.07 Å². The third-order valence-electron chi connectivity index (χ3n) is 3.87. The Bertz CT molecular complexity index is 1080. The Labute approximate surface area is 158 Å². The van der Waals surface area contributed by atoms with E-state index in [9.17, 15) is 9.18 Å². The van der Waals surface area contributed by atoms with Gasteiger partial charge in [0.2, 0.25) is 0 Å². The zero-order valence-electron chi connectivity index (χ0n) is 14.0. The van der Waals surface area contributed by atoms with Gasteiger partial charge in [-0.05, 0) is 24.3 Å². The van der Waals surface area contributed by atoms with E-state index in [4.69, 9.17) is 0 Å². The average molecular weight is 379 g/mol. The maximum Gasteiger partial charge on any atom is 0.271 e. The van der Waals surface area contributed by atoms with Gasteiger partial charge in [0.05, 0.1) is 0 Å². The molecule has 0 unspecified atom stereocenters. The van der Waals surface area contributed by atoms with Gasteiger partial charge in [-0.1, -0.05) is 18.2 Å². The monoisotopic (exact) mass is 379 g/mol. The number of rotatable bonds is 5. The molecule has 27 heavy (non-hydrogen) atoms. The molecule has 0 aliphatic rings. The van der Waals surface area contributed by atoms with Gasteiger partial charge < -0.3 is 5.32 Å². The number of carbonyl (C=O) groups is 1. The maximum atomic E-state index is 13.9. The lowest BCUT2D eigenvalue weighted by Gasteiger charge is -2.09. The van der Waals surface area contributed by atoms with Crippen molar-refractivity contribution in [1.29, 1.82) is 0 Å². The molecule has 6 nitrogen and oxygen atoms in total. The quantitative estimate of drug-likeness (QED) is 0.576. The first kappa shape index (κ1) is 17.0. The standard InChI is InChI=1S/C19H14FN5OS/c20-15-7-2-1-6-14(15)19-24-16(12-27-19)18(26)22-11-13-5-3-8-21-17(13)25-10-4-9-23-25/h1-10,12H,11H2,(H,22,26). The first-order valence-corrected chi connectivity index (χ1v) is 9.03. The Morgan fingerprint density at radius 3 is 2.85 bits per heavy atom. The Balaban J connectivity index is 1.49. The van der Waals surface area contributed by atoms with Crippen LogP contribution in [0, 0.1) is 5.82 Å². The molecule has 0 saturated heterocycles. The first-order chi connectivity index (χ1) is 13.2. The van der Waals surface area contributed by atoms with Crippen molar-refractivity contribution in [1.82, 2.24) is 25.1 Å². The van der Waals surface area contributed by atoms with Crippen LogP contribution in [0.2, 0.25) is 0 Å². The van der Waals surface area contributed by atoms with Crippen LogP contribution in [0.1, 0.15) is 16.1 Å². The molecule has 4 rings (SSSR count). The fourth-order valence-electron chi connectivity index (χ4n) is 2.57. The van der Waals surface area contributed by atoms with Crippen molar-refractivity contribution in [3.05, 3.63) is 83.5 Å². The molecule has 3 heterocycles. The summed E-state index contributed by atoms with van der Waals surface area (Å²) in [6, 6.07) is 11.8. The highest BCUT2D eigenvalue weighted by Crippen LogP contribution is 2.26. The lowest BCUT2D eigenvalue weighted by atomic mass is 10.2. The molecular formula is C19H14FN5OS. The highest BCUT2D eigenvalue weighted by Gasteiger charge is 2.15. The highest BCUT2D eigenvalue weighted by atomic mass is 32.1. The van der Waals surface area contributed by atoms with E-state index >= 15 is 0 Å². The molecule has 0 fully saturated rings. The van der Waals surface area contributed by atoms with E-state index in [1.54, 1.807) is 59.0 Å². The van der Waals surface area contributed by atoms with Gasteiger partial charge in [0, 0.05) is 41.6 Å². The summed E-state index contributed by atoms with van der Waals surface area (Å²) in [6.07, 6.45) is 5.12. The zero-order chi connectivity index (χ0) is 18.6. The average Bonchev–Trinajstić information content (AvgIpc) is 3.39. The van der Waals surface area contributed by atoms with Crippen LogP contribution in [-0.2, 0) is 6.54 Å². The number of carbonyl (C=O) groups excluding carboxylic acids is 1. The third-order valence-corrected chi connectivity index (χ3v) is 4.74. The summed E-state index contributed by atoms with van der Waals surface area (Å²) < 4.78 is 15.5. The SMILES string of the molecule is O=C(NCc1cccnc1-n1cccn1)c1csc(-c2ccccc2F)n1. The fraction of sp³-hybridized carbons (Fsp3) is 0.0526. The second kappa shape index (κ2) is 7.46. The van der Waals surface area contributed by atoms with E-state index in [2.05, 4.69) is 20.4 Å². The lowest BCUT2D eigenvalue weighted by Crippen LogP contribution is -2.24. The van der Waals surface area contributed by atoms with Crippen molar-refractivity contribution < 1.29 is 9.18 Å². The highest BCUT2D eigenvalue weighted by molar-refractivity contribution is 7.13. The number of hydrogen-bond acceptors (Lipinski definition) is 5. The minimum atomic E-state index is -0.363. The number of halogens is 1. The summed E-state index contributed by atoms with van der Waals surface area (Å²) in [6.45, 7) is 0.272. The summed E-state index contributed by atoms with van der Waals surface area (Å²) in [5, 5.41) is 9.09. The van der Waals surface area contributed by atoms with E-state index < -0.39 is 0 Å². The van der Waals surface area contributed by atoms with Gasteiger partial charge in [-0.15, -0.1) is 11.3 Å². The molecule has 0 bridgehead atoms. The van der Waals surface area contributed by atoms with E-state index in [0.29, 0.717) is 16.4 Å². The Morgan fingerprint density at radius 2 is 2.04 bits per heavy atom. The molecule has 1 N–H and O–H groups in total. The lowest BCUT2D eigenvalue weighted by molar-refractivity contribution is 0.0946. The Kier molecular flexibility index (Phi) is 4.71. The third kappa shape index (κ3) is 3.61. The van der Waals surface area contributed by atoms with Crippen molar-refractivity contribution in [3.63, 3.8) is 0 Å². The number of thiazole rings is 1. The van der Waals surface area contributed by atoms with E-state index in [1.165, 1.54) is 17.4 Å². The number of hydrogen-bond donors (Lipinski definition) is 1. The van der Waals surface area contributed by atoms with Crippen LogP contribution >= 0.6 is 11.3 Å². The van der Waals surface area contributed by atoms with Crippen molar-refractivity contribution in [3.8, 4) is 16.4 Å². The molecule has 3 aromatic heterocycles. The van der Waals surface area contributed by atoms with Gasteiger partial charge in [-0.25, -0.2) is 19.0 Å². The van der Waals surface area contributed by atoms with Crippen molar-refractivity contribution >= 4 is 17.2 Å². The molecular weight excluding hydrogens is 365 g/mol. The molecule has 134 valence electrons. The second-order valence-electron chi connectivity index (χ2n) is 5.64. The molecule has 0 aliphatic carbocycles. The Morgan fingerprint density at radius 1 is 1.15 bits per heavy atom. The first-order valence-electron chi connectivity index (χ1n) is 8.15. The molecule has 0 aliphatic heterocycles. The molecule has 1 aromatic carbocycles. The van der Waals surface area contributed by atoms with E-state index in [0.717, 1.165) is 5.56 Å². The van der Waals surface area contributed by atoms with Gasteiger partial charge in [0.15, 0.2) is 5.82 Å². The number of pyridine rings is 1. The minimum absolute atomic E-state index is 0.253.